The zero-order valence-electron chi connectivity index (χ0n) is 9.03. The van der Waals surface area contributed by atoms with Gasteiger partial charge in [0.15, 0.2) is 0 Å². The summed E-state index contributed by atoms with van der Waals surface area (Å²) in [5.41, 5.74) is 0. The van der Waals surface area contributed by atoms with Gasteiger partial charge in [-0.1, -0.05) is 0 Å². The third-order valence-corrected chi connectivity index (χ3v) is 2.10. The highest BCUT2D eigenvalue weighted by molar-refractivity contribution is 5.74. The smallest absolute Gasteiger partial charge is 0.323 e. The van der Waals surface area contributed by atoms with Crippen molar-refractivity contribution in [2.45, 2.75) is 25.0 Å². The summed E-state index contributed by atoms with van der Waals surface area (Å²) in [6, 6.07) is -0.813. The molecule has 0 radical (unpaired) electrons. The molecule has 2 atom stereocenters. The van der Waals surface area contributed by atoms with Crippen LogP contribution in [-0.2, 0) is 4.79 Å². The maximum absolute atomic E-state index is 10.8. The number of aliphatic carboxylic acids is 1. The van der Waals surface area contributed by atoms with Crippen LogP contribution in [0.1, 0.15) is 12.8 Å². The predicted molar refractivity (Wildman–Crippen MR) is 54.3 cm³/mol. The minimum Gasteiger partial charge on any atom is -0.480 e. The molecule has 0 amide bonds. The Bertz CT molecular complexity index is 173. The number of carboxylic acids is 1. The highest BCUT2D eigenvalue weighted by Crippen LogP contribution is 2.07. The molecule has 0 aliphatic heterocycles. The third-order valence-electron chi connectivity index (χ3n) is 2.10. The van der Waals surface area contributed by atoms with Crippen LogP contribution in [0, 0.1) is 0 Å². The van der Waals surface area contributed by atoms with Gasteiger partial charge in [0.05, 0.1) is 6.10 Å². The molecule has 84 valence electrons. The topological polar surface area (TPSA) is 72.8 Å². The average Bonchev–Trinajstić information content (AvgIpc) is 2.03. The zero-order valence-corrected chi connectivity index (χ0v) is 9.03. The molecular weight excluding hydrogens is 184 g/mol. The fraction of sp³-hybridized carbons (Fsp3) is 0.889. The summed E-state index contributed by atoms with van der Waals surface area (Å²) < 4.78 is 0. The third kappa shape index (κ3) is 4.55. The second-order valence-electron chi connectivity index (χ2n) is 3.56. The van der Waals surface area contributed by atoms with Crippen LogP contribution in [0.5, 0.6) is 0 Å². The number of nitrogens with zero attached hydrogens (tertiary/aromatic N) is 1. The van der Waals surface area contributed by atoms with Gasteiger partial charge in [0, 0.05) is 0 Å². The van der Waals surface area contributed by atoms with E-state index in [0.29, 0.717) is 6.42 Å². The molecule has 0 heterocycles. The fourth-order valence-electron chi connectivity index (χ4n) is 1.38. The quantitative estimate of drug-likeness (QED) is 0.481. The lowest BCUT2D eigenvalue weighted by molar-refractivity contribution is -0.146. The molecule has 5 heteroatoms. The van der Waals surface area contributed by atoms with Gasteiger partial charge in [0.25, 0.3) is 0 Å². The molecule has 1 unspecified atom stereocenters. The number of nitrogens with one attached hydrogen (secondary N) is 1. The number of carboxylic acid groups (broad SMARTS) is 1. The Morgan fingerprint density at radius 2 is 2.07 bits per heavy atom. The number of aliphatic hydroxyl groups is 1. The highest BCUT2D eigenvalue weighted by atomic mass is 16.4. The van der Waals surface area contributed by atoms with Gasteiger partial charge in [-0.15, -0.1) is 0 Å². The van der Waals surface area contributed by atoms with Crippen LogP contribution >= 0.6 is 0 Å². The van der Waals surface area contributed by atoms with Crippen LogP contribution in [0.15, 0.2) is 0 Å². The van der Waals surface area contributed by atoms with E-state index in [9.17, 15) is 9.90 Å². The van der Waals surface area contributed by atoms with Crippen molar-refractivity contribution >= 4 is 5.97 Å². The Balaban J connectivity index is 4.02. The molecule has 0 bridgehead atoms. The summed E-state index contributed by atoms with van der Waals surface area (Å²) in [4.78, 5) is 12.3. The maximum atomic E-state index is 10.8. The van der Waals surface area contributed by atoms with Crippen LogP contribution in [0.4, 0.5) is 0 Å². The van der Waals surface area contributed by atoms with Crippen molar-refractivity contribution in [2.24, 2.45) is 0 Å². The lowest BCUT2D eigenvalue weighted by atomic mass is 10.1. The van der Waals surface area contributed by atoms with E-state index in [0.717, 1.165) is 13.0 Å². The molecule has 5 nitrogen and oxygen atoms in total. The molecule has 0 aromatic rings. The predicted octanol–water partition coefficient (Wildman–Crippen LogP) is -0.638. The number of hydrogen-bond donors (Lipinski definition) is 3. The first kappa shape index (κ1) is 13.4. The Kier molecular flexibility index (Phi) is 6.44. The largest absolute Gasteiger partial charge is 0.480 e. The van der Waals surface area contributed by atoms with Crippen LogP contribution < -0.4 is 5.32 Å². The molecule has 3 N–H and O–H groups in total. The second-order valence-corrected chi connectivity index (χ2v) is 3.56. The van der Waals surface area contributed by atoms with E-state index in [1.54, 1.807) is 14.1 Å². The summed E-state index contributed by atoms with van der Waals surface area (Å²) in [5, 5.41) is 21.4. The number of likely N-dealkylation sites (N-methyl/N-ethyl adjacent to an activating group) is 1. The van der Waals surface area contributed by atoms with Crippen molar-refractivity contribution in [1.82, 2.24) is 10.2 Å². The van der Waals surface area contributed by atoms with Crippen LogP contribution in [0.2, 0.25) is 0 Å². The van der Waals surface area contributed by atoms with Crippen molar-refractivity contribution in [3.8, 4) is 0 Å². The number of aliphatic hydroxyl groups excluding tert-OH is 1. The van der Waals surface area contributed by atoms with Crippen LogP contribution in [0.3, 0.4) is 0 Å². The second kappa shape index (κ2) is 6.75. The maximum Gasteiger partial charge on any atom is 0.323 e. The molecule has 0 spiro atoms. The Hall–Kier alpha value is -0.650. The van der Waals surface area contributed by atoms with Gasteiger partial charge in [-0.3, -0.25) is 9.69 Å². The van der Waals surface area contributed by atoms with Gasteiger partial charge in [-0.25, -0.2) is 0 Å². The monoisotopic (exact) mass is 204 g/mol. The van der Waals surface area contributed by atoms with Gasteiger partial charge < -0.3 is 15.5 Å². The summed E-state index contributed by atoms with van der Waals surface area (Å²) in [5.74, 6) is -0.980. The van der Waals surface area contributed by atoms with Gasteiger partial charge in [-0.05, 0) is 40.5 Å². The van der Waals surface area contributed by atoms with Crippen molar-refractivity contribution < 1.29 is 15.0 Å². The molecule has 0 aromatic carbocycles. The molecular formula is C9H20N2O3. The van der Waals surface area contributed by atoms with Gasteiger partial charge in [0.1, 0.15) is 6.04 Å². The first-order valence-corrected chi connectivity index (χ1v) is 4.72. The number of carbonyl (C=O) groups is 1. The fourth-order valence-corrected chi connectivity index (χ4v) is 1.38. The van der Waals surface area contributed by atoms with Crippen molar-refractivity contribution in [3.05, 3.63) is 0 Å². The molecule has 0 rings (SSSR count). The zero-order chi connectivity index (χ0) is 11.1. The van der Waals surface area contributed by atoms with E-state index in [1.165, 1.54) is 4.90 Å². The Labute approximate surface area is 84.7 Å². The van der Waals surface area contributed by atoms with E-state index in [-0.39, 0.29) is 0 Å². The lowest BCUT2D eigenvalue weighted by Crippen LogP contribution is -2.45. The van der Waals surface area contributed by atoms with E-state index >= 15 is 0 Å². The standard InChI is InChI=1S/C9H20N2O3/c1-10-6-4-5-7(12)8(9(13)14)11(2)3/h7-8,10,12H,4-6H2,1-3H3,(H,13,14)/t7?,8-/m0/s1. The van der Waals surface area contributed by atoms with Gasteiger partial charge in [0.2, 0.25) is 0 Å². The minimum atomic E-state index is -0.980. The minimum absolute atomic E-state index is 0.496. The molecule has 0 aromatic heterocycles. The van der Waals surface area contributed by atoms with Gasteiger partial charge >= 0.3 is 5.97 Å². The molecule has 0 aliphatic rings. The number of hydrogen-bond acceptors (Lipinski definition) is 4. The molecule has 0 fully saturated rings. The van der Waals surface area contributed by atoms with Crippen LogP contribution in [0.25, 0.3) is 0 Å². The summed E-state index contributed by atoms with van der Waals surface area (Å²) in [6.45, 7) is 0.789. The normalized spacial score (nSPS) is 15.5. The Morgan fingerprint density at radius 1 is 1.50 bits per heavy atom. The molecule has 14 heavy (non-hydrogen) atoms. The summed E-state index contributed by atoms with van der Waals surface area (Å²) in [7, 11) is 5.13. The van der Waals surface area contributed by atoms with Crippen molar-refractivity contribution in [1.29, 1.82) is 0 Å². The van der Waals surface area contributed by atoms with E-state index in [1.807, 2.05) is 7.05 Å². The van der Waals surface area contributed by atoms with Crippen molar-refractivity contribution in [2.75, 3.05) is 27.7 Å². The van der Waals surface area contributed by atoms with Gasteiger partial charge in [-0.2, -0.15) is 0 Å². The summed E-state index contributed by atoms with van der Waals surface area (Å²) in [6.07, 6.45) is 0.460. The average molecular weight is 204 g/mol. The lowest BCUT2D eigenvalue weighted by Gasteiger charge is -2.25. The van der Waals surface area contributed by atoms with E-state index in [4.69, 9.17) is 5.11 Å². The van der Waals surface area contributed by atoms with Crippen molar-refractivity contribution in [3.63, 3.8) is 0 Å². The van der Waals surface area contributed by atoms with E-state index < -0.39 is 18.1 Å². The molecule has 0 aliphatic carbocycles. The van der Waals surface area contributed by atoms with E-state index in [2.05, 4.69) is 5.32 Å². The first-order chi connectivity index (χ1) is 6.50. The summed E-state index contributed by atoms with van der Waals surface area (Å²) >= 11 is 0. The SMILES string of the molecule is CNCCCC(O)[C@@H](C(=O)O)N(C)C. The molecule has 0 saturated heterocycles. The first-order valence-electron chi connectivity index (χ1n) is 4.72. The molecule has 0 saturated carbocycles. The number of rotatable bonds is 7. The Morgan fingerprint density at radius 3 is 2.43 bits per heavy atom. The highest BCUT2D eigenvalue weighted by Gasteiger charge is 2.27. The van der Waals surface area contributed by atoms with Crippen LogP contribution in [-0.4, -0.2) is 60.9 Å².